The van der Waals surface area contributed by atoms with Crippen LogP contribution in [0.25, 0.3) is 0 Å². The summed E-state index contributed by atoms with van der Waals surface area (Å²) in [7, 11) is 1.81. The van der Waals surface area contributed by atoms with Gasteiger partial charge in [-0.15, -0.1) is 0 Å². The van der Waals surface area contributed by atoms with Gasteiger partial charge in [0.25, 0.3) is 0 Å². The van der Waals surface area contributed by atoms with Crippen molar-refractivity contribution in [3.8, 4) is 0 Å². The Labute approximate surface area is 126 Å². The average Bonchev–Trinajstić information content (AvgIpc) is 2.36. The number of hydrogen-bond acceptors (Lipinski definition) is 6. The van der Waals surface area contributed by atoms with Crippen molar-refractivity contribution in [2.45, 2.75) is 33.3 Å². The molecule has 0 aliphatic heterocycles. The van der Waals surface area contributed by atoms with Gasteiger partial charge in [0.2, 0.25) is 0 Å². The maximum absolute atomic E-state index is 12.0. The van der Waals surface area contributed by atoms with E-state index in [4.69, 9.17) is 14.2 Å². The highest BCUT2D eigenvalue weighted by Gasteiger charge is 2.21. The van der Waals surface area contributed by atoms with E-state index in [9.17, 15) is 9.59 Å². The van der Waals surface area contributed by atoms with Gasteiger partial charge in [0.1, 0.15) is 12.2 Å². The number of nitrogens with one attached hydrogen (secondary N) is 1. The first kappa shape index (κ1) is 19.7. The van der Waals surface area contributed by atoms with Gasteiger partial charge in [-0.05, 0) is 34.7 Å². The third-order valence-corrected chi connectivity index (χ3v) is 2.31. The first-order valence-corrected chi connectivity index (χ1v) is 7.16. The van der Waals surface area contributed by atoms with Crippen molar-refractivity contribution >= 4 is 12.1 Å². The fraction of sp³-hybridized carbons (Fsp3) is 0.857. The minimum absolute atomic E-state index is 0.109. The van der Waals surface area contributed by atoms with Gasteiger partial charge < -0.3 is 24.4 Å². The molecule has 0 aromatic carbocycles. The van der Waals surface area contributed by atoms with Crippen LogP contribution >= 0.6 is 0 Å². The quantitative estimate of drug-likeness (QED) is 0.506. The third kappa shape index (κ3) is 11.0. The molecule has 0 unspecified atom stereocenters. The summed E-state index contributed by atoms with van der Waals surface area (Å²) < 4.78 is 15.3. The lowest BCUT2D eigenvalue weighted by molar-refractivity contribution is -0.148. The fourth-order valence-corrected chi connectivity index (χ4v) is 1.40. The lowest BCUT2D eigenvalue weighted by atomic mass is 10.2. The van der Waals surface area contributed by atoms with Gasteiger partial charge in [0, 0.05) is 19.6 Å². The number of esters is 1. The Balaban J connectivity index is 4.17. The molecule has 0 aromatic rings. The van der Waals surface area contributed by atoms with Crippen molar-refractivity contribution in [3.63, 3.8) is 0 Å². The zero-order valence-corrected chi connectivity index (χ0v) is 13.7. The van der Waals surface area contributed by atoms with E-state index in [0.29, 0.717) is 26.2 Å². The molecule has 7 nitrogen and oxygen atoms in total. The lowest BCUT2D eigenvalue weighted by Crippen LogP contribution is -2.41. The molecule has 0 atom stereocenters. The Kier molecular flexibility index (Phi) is 9.73. The van der Waals surface area contributed by atoms with Crippen LogP contribution in [0.4, 0.5) is 4.79 Å². The molecule has 1 N–H and O–H groups in total. The molecule has 0 saturated carbocycles. The van der Waals surface area contributed by atoms with Crippen LogP contribution in [0.2, 0.25) is 0 Å². The minimum atomic E-state index is -0.541. The Morgan fingerprint density at radius 3 is 2.38 bits per heavy atom. The summed E-state index contributed by atoms with van der Waals surface area (Å²) in [4.78, 5) is 24.7. The second kappa shape index (κ2) is 10.4. The molecule has 0 radical (unpaired) electrons. The van der Waals surface area contributed by atoms with Crippen LogP contribution in [0.5, 0.6) is 0 Å². The molecular weight excluding hydrogens is 276 g/mol. The number of ether oxygens (including phenoxy) is 3. The molecule has 7 heteroatoms. The van der Waals surface area contributed by atoms with E-state index in [0.717, 1.165) is 0 Å². The topological polar surface area (TPSA) is 77.1 Å². The Bertz CT molecular complexity index is 315. The lowest BCUT2D eigenvalue weighted by Gasteiger charge is -2.27. The van der Waals surface area contributed by atoms with Crippen molar-refractivity contribution in [2.24, 2.45) is 0 Å². The second-order valence-electron chi connectivity index (χ2n) is 5.43. The van der Waals surface area contributed by atoms with Crippen LogP contribution in [0.3, 0.4) is 0 Å². The highest BCUT2D eigenvalue weighted by atomic mass is 16.6. The van der Waals surface area contributed by atoms with Crippen LogP contribution in [0.1, 0.15) is 27.7 Å². The summed E-state index contributed by atoms with van der Waals surface area (Å²) >= 11 is 0. The van der Waals surface area contributed by atoms with E-state index < -0.39 is 17.7 Å². The standard InChI is InChI=1S/C14H28N2O5/c1-6-20-12(17)11-19-10-9-16(8-7-15-5)13(18)21-14(2,3)4/h15H,6-11H2,1-5H3. The van der Waals surface area contributed by atoms with Gasteiger partial charge in [-0.2, -0.15) is 0 Å². The monoisotopic (exact) mass is 304 g/mol. The van der Waals surface area contributed by atoms with Gasteiger partial charge >= 0.3 is 12.1 Å². The molecule has 1 amide bonds. The molecule has 0 saturated heterocycles. The minimum Gasteiger partial charge on any atom is -0.464 e. The molecule has 0 spiro atoms. The Hall–Kier alpha value is -1.34. The van der Waals surface area contributed by atoms with Crippen LogP contribution in [0.15, 0.2) is 0 Å². The normalized spacial score (nSPS) is 11.1. The molecule has 0 heterocycles. The predicted octanol–water partition coefficient (Wildman–Crippen LogP) is 1.02. The smallest absolute Gasteiger partial charge is 0.410 e. The van der Waals surface area contributed by atoms with E-state index in [1.165, 1.54) is 0 Å². The van der Waals surface area contributed by atoms with E-state index in [1.54, 1.807) is 11.8 Å². The SMILES string of the molecule is CCOC(=O)COCCN(CCNC)C(=O)OC(C)(C)C. The van der Waals surface area contributed by atoms with E-state index >= 15 is 0 Å². The number of hydrogen-bond donors (Lipinski definition) is 1. The van der Waals surface area contributed by atoms with Crippen LogP contribution < -0.4 is 5.32 Å². The number of amides is 1. The van der Waals surface area contributed by atoms with E-state index in [-0.39, 0.29) is 13.2 Å². The second-order valence-corrected chi connectivity index (χ2v) is 5.43. The largest absolute Gasteiger partial charge is 0.464 e. The molecule has 0 aliphatic rings. The van der Waals surface area contributed by atoms with Crippen LogP contribution in [-0.2, 0) is 19.0 Å². The van der Waals surface area contributed by atoms with Gasteiger partial charge in [-0.1, -0.05) is 0 Å². The summed E-state index contributed by atoms with van der Waals surface area (Å²) in [5.74, 6) is -0.406. The van der Waals surface area contributed by atoms with Crippen LogP contribution in [0, 0.1) is 0 Å². The molecule has 0 aliphatic carbocycles. The van der Waals surface area contributed by atoms with Gasteiger partial charge in [-0.25, -0.2) is 9.59 Å². The number of likely N-dealkylation sites (N-methyl/N-ethyl adjacent to an activating group) is 1. The van der Waals surface area contributed by atoms with Gasteiger partial charge in [0.15, 0.2) is 0 Å². The van der Waals surface area contributed by atoms with E-state index in [1.807, 2.05) is 27.8 Å². The summed E-state index contributed by atoms with van der Waals surface area (Å²) in [6.07, 6.45) is -0.391. The average molecular weight is 304 g/mol. The molecule has 0 fully saturated rings. The first-order valence-electron chi connectivity index (χ1n) is 7.16. The van der Waals surface area contributed by atoms with Crippen molar-refractivity contribution in [2.75, 3.05) is 46.5 Å². The molecular formula is C14H28N2O5. The zero-order chi connectivity index (χ0) is 16.3. The number of nitrogens with zero attached hydrogens (tertiary/aromatic N) is 1. The number of carbonyl (C=O) groups excluding carboxylic acids is 2. The summed E-state index contributed by atoms with van der Waals surface area (Å²) in [5, 5.41) is 2.98. The van der Waals surface area contributed by atoms with E-state index in [2.05, 4.69) is 5.32 Å². The highest BCUT2D eigenvalue weighted by molar-refractivity contribution is 5.70. The van der Waals surface area contributed by atoms with Crippen molar-refractivity contribution in [1.29, 1.82) is 0 Å². The summed E-state index contributed by atoms with van der Waals surface area (Å²) in [5.41, 5.74) is -0.541. The maximum atomic E-state index is 12.0. The zero-order valence-electron chi connectivity index (χ0n) is 13.7. The van der Waals surface area contributed by atoms with Crippen LogP contribution in [-0.4, -0.2) is 69.1 Å². The molecule has 124 valence electrons. The molecule has 21 heavy (non-hydrogen) atoms. The van der Waals surface area contributed by atoms with Gasteiger partial charge in [0.05, 0.1) is 13.2 Å². The number of rotatable bonds is 9. The maximum Gasteiger partial charge on any atom is 0.410 e. The summed E-state index contributed by atoms with van der Waals surface area (Å²) in [6.45, 7) is 9.18. The molecule has 0 bridgehead atoms. The van der Waals surface area contributed by atoms with Gasteiger partial charge in [-0.3, -0.25) is 0 Å². The Morgan fingerprint density at radius 1 is 1.19 bits per heavy atom. The van der Waals surface area contributed by atoms with Crippen molar-refractivity contribution in [3.05, 3.63) is 0 Å². The third-order valence-electron chi connectivity index (χ3n) is 2.31. The predicted molar refractivity (Wildman–Crippen MR) is 79.2 cm³/mol. The molecule has 0 aromatic heterocycles. The van der Waals surface area contributed by atoms with Crippen molar-refractivity contribution in [1.82, 2.24) is 10.2 Å². The number of carbonyl (C=O) groups is 2. The first-order chi connectivity index (χ1) is 9.80. The van der Waals surface area contributed by atoms with Crippen molar-refractivity contribution < 1.29 is 23.8 Å². The summed E-state index contributed by atoms with van der Waals surface area (Å²) in [6, 6.07) is 0. The Morgan fingerprint density at radius 2 is 1.86 bits per heavy atom. The molecule has 0 rings (SSSR count). The highest BCUT2D eigenvalue weighted by Crippen LogP contribution is 2.09. The fourth-order valence-electron chi connectivity index (χ4n) is 1.40.